The Kier molecular flexibility index (Phi) is 2.94. The van der Waals surface area contributed by atoms with E-state index in [0.717, 1.165) is 24.8 Å². The first-order chi connectivity index (χ1) is 6.57. The van der Waals surface area contributed by atoms with Crippen molar-refractivity contribution in [3.05, 3.63) is 12.2 Å². The number of hydrogen-bond donors (Lipinski definition) is 1. The molecule has 2 aliphatic heterocycles. The molecule has 2 bridgehead atoms. The van der Waals surface area contributed by atoms with Crippen LogP contribution in [0.3, 0.4) is 0 Å². The molecule has 2 heterocycles. The summed E-state index contributed by atoms with van der Waals surface area (Å²) < 4.78 is 0. The highest BCUT2D eigenvalue weighted by Gasteiger charge is 2.40. The zero-order chi connectivity index (χ0) is 10.2. The molecule has 2 heteroatoms. The molecule has 80 valence electrons. The number of thioether (sulfide) groups is 1. The van der Waals surface area contributed by atoms with Crippen LogP contribution in [0.2, 0.25) is 0 Å². The number of aliphatic hydroxyl groups is 1. The molecule has 2 rings (SSSR count). The van der Waals surface area contributed by atoms with Crippen LogP contribution < -0.4 is 0 Å². The van der Waals surface area contributed by atoms with Gasteiger partial charge in [-0.15, -0.1) is 6.58 Å². The molecule has 2 unspecified atom stereocenters. The number of rotatable bonds is 2. The summed E-state index contributed by atoms with van der Waals surface area (Å²) in [5.74, 6) is 0. The topological polar surface area (TPSA) is 20.2 Å². The van der Waals surface area contributed by atoms with Gasteiger partial charge in [0, 0.05) is 10.5 Å². The normalized spacial score (nSPS) is 42.1. The van der Waals surface area contributed by atoms with Gasteiger partial charge in [0.15, 0.2) is 0 Å². The van der Waals surface area contributed by atoms with Gasteiger partial charge in [-0.2, -0.15) is 11.8 Å². The summed E-state index contributed by atoms with van der Waals surface area (Å²) in [5, 5.41) is 11.9. The van der Waals surface area contributed by atoms with Crippen molar-refractivity contribution >= 4 is 11.8 Å². The van der Waals surface area contributed by atoms with Crippen molar-refractivity contribution in [2.75, 3.05) is 0 Å². The molecule has 0 aromatic carbocycles. The van der Waals surface area contributed by atoms with Crippen LogP contribution in [0, 0.1) is 0 Å². The van der Waals surface area contributed by atoms with Gasteiger partial charge in [0.2, 0.25) is 0 Å². The van der Waals surface area contributed by atoms with Gasteiger partial charge in [-0.05, 0) is 39.0 Å². The summed E-state index contributed by atoms with van der Waals surface area (Å²) in [5.41, 5.74) is 0.699. The minimum Gasteiger partial charge on any atom is -0.389 e. The molecular formula is C12H20OS. The van der Waals surface area contributed by atoms with Crippen LogP contribution in [0.15, 0.2) is 12.2 Å². The smallest absolute Gasteiger partial charge is 0.0705 e. The molecule has 2 atom stereocenters. The van der Waals surface area contributed by atoms with E-state index in [9.17, 15) is 5.11 Å². The molecule has 0 spiro atoms. The lowest BCUT2D eigenvalue weighted by Crippen LogP contribution is -2.42. The van der Waals surface area contributed by atoms with E-state index in [0.29, 0.717) is 10.5 Å². The summed E-state index contributed by atoms with van der Waals surface area (Å²) in [6, 6.07) is 0. The fourth-order valence-corrected chi connectivity index (χ4v) is 4.88. The summed E-state index contributed by atoms with van der Waals surface area (Å²) in [7, 11) is 0. The lowest BCUT2D eigenvalue weighted by molar-refractivity contribution is 0.0132. The Bertz CT molecular complexity index is 224. The Balaban J connectivity index is 2.03. The van der Waals surface area contributed by atoms with Gasteiger partial charge in [-0.1, -0.05) is 12.0 Å². The third-order valence-electron chi connectivity index (χ3n) is 3.28. The van der Waals surface area contributed by atoms with Crippen LogP contribution in [0.4, 0.5) is 0 Å². The number of hydrogen-bond acceptors (Lipinski definition) is 2. The highest BCUT2D eigenvalue weighted by Crippen LogP contribution is 2.47. The molecule has 0 radical (unpaired) electrons. The lowest BCUT2D eigenvalue weighted by atomic mass is 9.82. The Labute approximate surface area is 91.0 Å². The second-order valence-electron chi connectivity index (χ2n) is 5.08. The molecule has 0 saturated carbocycles. The van der Waals surface area contributed by atoms with E-state index in [1.165, 1.54) is 19.3 Å². The third-order valence-corrected chi connectivity index (χ3v) is 4.86. The van der Waals surface area contributed by atoms with Gasteiger partial charge >= 0.3 is 0 Å². The molecule has 0 aliphatic carbocycles. The van der Waals surface area contributed by atoms with E-state index >= 15 is 0 Å². The predicted molar refractivity (Wildman–Crippen MR) is 62.6 cm³/mol. The first-order valence-corrected chi connectivity index (χ1v) is 6.54. The minimum absolute atomic E-state index is 0.424. The fraction of sp³-hybridized carbons (Fsp3) is 0.833. The van der Waals surface area contributed by atoms with Crippen molar-refractivity contribution in [1.29, 1.82) is 0 Å². The monoisotopic (exact) mass is 212 g/mol. The molecule has 1 N–H and O–H groups in total. The average molecular weight is 212 g/mol. The van der Waals surface area contributed by atoms with Gasteiger partial charge in [0.1, 0.15) is 0 Å². The lowest BCUT2D eigenvalue weighted by Gasteiger charge is -2.44. The van der Waals surface area contributed by atoms with E-state index in [4.69, 9.17) is 0 Å². The molecular weight excluding hydrogens is 192 g/mol. The SMILES string of the molecule is C=C(C)CC1(O)CC2CCCC(C1)S2. The highest BCUT2D eigenvalue weighted by molar-refractivity contribution is 8.00. The van der Waals surface area contributed by atoms with Crippen molar-refractivity contribution in [3.8, 4) is 0 Å². The Morgan fingerprint density at radius 1 is 1.43 bits per heavy atom. The Morgan fingerprint density at radius 2 is 2.00 bits per heavy atom. The van der Waals surface area contributed by atoms with Gasteiger partial charge in [0.05, 0.1) is 5.60 Å². The summed E-state index contributed by atoms with van der Waals surface area (Å²) >= 11 is 2.11. The maximum atomic E-state index is 10.5. The van der Waals surface area contributed by atoms with Crippen LogP contribution >= 0.6 is 11.8 Å². The summed E-state index contributed by atoms with van der Waals surface area (Å²) in [6.45, 7) is 5.94. The van der Waals surface area contributed by atoms with Crippen molar-refractivity contribution in [3.63, 3.8) is 0 Å². The fourth-order valence-electron chi connectivity index (χ4n) is 2.92. The van der Waals surface area contributed by atoms with Gasteiger partial charge in [0.25, 0.3) is 0 Å². The quantitative estimate of drug-likeness (QED) is 0.710. The maximum absolute atomic E-state index is 10.5. The molecule has 0 amide bonds. The highest BCUT2D eigenvalue weighted by atomic mass is 32.2. The first kappa shape index (κ1) is 10.6. The minimum atomic E-state index is -0.424. The van der Waals surface area contributed by atoms with Crippen LogP contribution in [-0.2, 0) is 0 Å². The molecule has 0 aromatic heterocycles. The molecule has 14 heavy (non-hydrogen) atoms. The van der Waals surface area contributed by atoms with Crippen molar-refractivity contribution < 1.29 is 5.11 Å². The van der Waals surface area contributed by atoms with E-state index in [-0.39, 0.29) is 0 Å². The molecule has 0 aromatic rings. The Morgan fingerprint density at radius 3 is 2.50 bits per heavy atom. The van der Waals surface area contributed by atoms with Crippen molar-refractivity contribution in [1.82, 2.24) is 0 Å². The molecule has 2 aliphatic rings. The summed E-state index contributed by atoms with van der Waals surface area (Å²) in [4.78, 5) is 0. The molecule has 2 saturated heterocycles. The predicted octanol–water partition coefficient (Wildman–Crippen LogP) is 3.13. The van der Waals surface area contributed by atoms with E-state index in [1.807, 2.05) is 6.92 Å². The Hall–Kier alpha value is 0.0500. The van der Waals surface area contributed by atoms with Gasteiger partial charge in [-0.25, -0.2) is 0 Å². The van der Waals surface area contributed by atoms with Crippen LogP contribution in [0.25, 0.3) is 0 Å². The number of fused-ring (bicyclic) bond motifs is 2. The molecule has 2 fully saturated rings. The van der Waals surface area contributed by atoms with E-state index < -0.39 is 5.60 Å². The van der Waals surface area contributed by atoms with Gasteiger partial charge < -0.3 is 5.11 Å². The largest absolute Gasteiger partial charge is 0.389 e. The summed E-state index contributed by atoms with van der Waals surface area (Å²) in [6.07, 6.45) is 6.76. The van der Waals surface area contributed by atoms with Crippen LogP contribution in [0.5, 0.6) is 0 Å². The second-order valence-corrected chi connectivity index (χ2v) is 6.68. The zero-order valence-electron chi connectivity index (χ0n) is 8.96. The van der Waals surface area contributed by atoms with Crippen molar-refractivity contribution in [2.24, 2.45) is 0 Å². The van der Waals surface area contributed by atoms with E-state index in [1.54, 1.807) is 0 Å². The van der Waals surface area contributed by atoms with Gasteiger partial charge in [-0.3, -0.25) is 0 Å². The van der Waals surface area contributed by atoms with Crippen LogP contribution in [0.1, 0.15) is 45.4 Å². The van der Waals surface area contributed by atoms with Crippen molar-refractivity contribution in [2.45, 2.75) is 61.5 Å². The zero-order valence-corrected chi connectivity index (χ0v) is 9.78. The van der Waals surface area contributed by atoms with Crippen LogP contribution in [-0.4, -0.2) is 21.2 Å². The standard InChI is InChI=1S/C12H20OS/c1-9(2)6-12(13)7-10-4-3-5-11(8-12)14-10/h10-11,13H,1,3-8H2,2H3. The average Bonchev–Trinajstić information content (AvgIpc) is 1.99. The van der Waals surface area contributed by atoms with E-state index in [2.05, 4.69) is 18.3 Å². The third kappa shape index (κ3) is 2.34. The first-order valence-electron chi connectivity index (χ1n) is 5.60. The maximum Gasteiger partial charge on any atom is 0.0705 e. The second kappa shape index (κ2) is 3.90. The molecule has 1 nitrogen and oxygen atoms in total.